The molecule has 0 aromatic carbocycles. The Morgan fingerprint density at radius 2 is 0.562 bits per heavy atom. The van der Waals surface area contributed by atoms with Gasteiger partial charge in [0.1, 0.15) is 0 Å². The summed E-state index contributed by atoms with van der Waals surface area (Å²) >= 11 is 0. The minimum Gasteiger partial charge on any atom is -0.368 e. The van der Waals surface area contributed by atoms with Gasteiger partial charge in [0.25, 0.3) is 0 Å². The van der Waals surface area contributed by atoms with Crippen LogP contribution in [0.1, 0.15) is 0 Å². The van der Waals surface area contributed by atoms with Gasteiger partial charge in [-0.3, -0.25) is 0 Å². The Labute approximate surface area is 160 Å². The lowest BCUT2D eigenvalue weighted by Crippen LogP contribution is -2.73. The van der Waals surface area contributed by atoms with Crippen LogP contribution in [-0.4, -0.2) is 60.2 Å². The van der Waals surface area contributed by atoms with E-state index in [4.69, 9.17) is 0 Å². The maximum Gasteiger partial charge on any atom is 0.575 e. The number of halogens is 18. The van der Waals surface area contributed by atoms with Crippen LogP contribution in [0, 0.1) is 0 Å². The third-order valence-corrected chi connectivity index (χ3v) is 2.90. The van der Waals surface area contributed by atoms with Crippen LogP contribution in [0.15, 0.2) is 0 Å². The van der Waals surface area contributed by atoms with Gasteiger partial charge >= 0.3 is 60.2 Å². The van der Waals surface area contributed by atoms with Crippen molar-refractivity contribution in [3.63, 3.8) is 0 Å². The molecule has 0 aromatic rings. The van der Waals surface area contributed by atoms with Crippen LogP contribution in [0.5, 0.6) is 0 Å². The molecule has 0 unspecified atom stereocenters. The lowest BCUT2D eigenvalue weighted by atomic mass is 9.91. The lowest BCUT2D eigenvalue weighted by Gasteiger charge is -2.39. The Balaban J connectivity index is 6.52. The predicted molar refractivity (Wildman–Crippen MR) is 54.0 cm³/mol. The van der Waals surface area contributed by atoms with Crippen molar-refractivity contribution in [1.82, 2.24) is 0 Å². The van der Waals surface area contributed by atoms with E-state index >= 15 is 0 Å². The summed E-state index contributed by atoms with van der Waals surface area (Å²) in [5.41, 5.74) is 0. The van der Waals surface area contributed by atoms with Crippen molar-refractivity contribution in [3.8, 4) is 0 Å². The van der Waals surface area contributed by atoms with Gasteiger partial charge in [-0.05, 0) is 0 Å². The van der Waals surface area contributed by atoms with Gasteiger partial charge in [-0.15, -0.1) is 26.3 Å². The molecule has 0 spiro atoms. The van der Waals surface area contributed by atoms with E-state index in [-0.39, 0.29) is 0 Å². The molecule has 0 rings (SSSR count). The first kappa shape index (κ1) is 29.7. The third kappa shape index (κ3) is 4.71. The smallest absolute Gasteiger partial charge is 0.368 e. The SMILES string of the molecule is O=C(OC(F)(F)F)C(F)(F)C(F)(F)C(F)(F)C(F)(F)C(F)(F)C(F)(F)C(=O)OC(F)(F)F. The highest BCUT2D eigenvalue weighted by Gasteiger charge is 2.92. The van der Waals surface area contributed by atoms with E-state index in [0.717, 1.165) is 0 Å². The second kappa shape index (κ2) is 7.63. The average Bonchev–Trinajstić information content (AvgIpc) is 2.50. The summed E-state index contributed by atoms with van der Waals surface area (Å²) < 4.78 is 230. The third-order valence-electron chi connectivity index (χ3n) is 2.90. The number of carbonyl (C=O) groups is 2. The van der Waals surface area contributed by atoms with E-state index in [1.54, 1.807) is 9.47 Å². The first-order chi connectivity index (χ1) is 13.5. The van der Waals surface area contributed by atoms with Crippen LogP contribution in [0.3, 0.4) is 0 Å². The molecule has 4 nitrogen and oxygen atoms in total. The second-order valence-corrected chi connectivity index (χ2v) is 5.12. The summed E-state index contributed by atoms with van der Waals surface area (Å²) in [7, 11) is 0. The zero-order valence-electron chi connectivity index (χ0n) is 13.4. The Morgan fingerprint density at radius 3 is 0.719 bits per heavy atom. The molecule has 0 atom stereocenters. The molecule has 0 aromatic heterocycles. The van der Waals surface area contributed by atoms with Crippen LogP contribution >= 0.6 is 0 Å². The average molecular weight is 526 g/mol. The minimum atomic E-state index is -8.67. The van der Waals surface area contributed by atoms with Crippen LogP contribution in [0.4, 0.5) is 79.0 Å². The normalized spacial score (nSPS) is 15.4. The number of carbonyl (C=O) groups excluding carboxylic acids is 2. The van der Waals surface area contributed by atoms with Gasteiger partial charge in [-0.1, -0.05) is 0 Å². The van der Waals surface area contributed by atoms with Crippen LogP contribution < -0.4 is 0 Å². The van der Waals surface area contributed by atoms with Crippen molar-refractivity contribution in [2.24, 2.45) is 0 Å². The lowest BCUT2D eigenvalue weighted by molar-refractivity contribution is -0.423. The van der Waals surface area contributed by atoms with E-state index < -0.39 is 60.2 Å². The molecule has 22 heteroatoms. The number of hydrogen-bond donors (Lipinski definition) is 0. The van der Waals surface area contributed by atoms with Crippen molar-refractivity contribution in [2.45, 2.75) is 48.3 Å². The fourth-order valence-electron chi connectivity index (χ4n) is 1.38. The maximum atomic E-state index is 13.2. The fourth-order valence-corrected chi connectivity index (χ4v) is 1.38. The van der Waals surface area contributed by atoms with Crippen molar-refractivity contribution in [1.29, 1.82) is 0 Å². The molecule has 32 heavy (non-hydrogen) atoms. The summed E-state index contributed by atoms with van der Waals surface area (Å²) in [6.45, 7) is 0. The van der Waals surface area contributed by atoms with E-state index in [1.165, 1.54) is 0 Å². The molecule has 0 saturated heterocycles. The van der Waals surface area contributed by atoms with Gasteiger partial charge in [0, 0.05) is 0 Å². The number of ether oxygens (including phenoxy) is 2. The van der Waals surface area contributed by atoms with Crippen molar-refractivity contribution in [3.05, 3.63) is 0 Å². The second-order valence-electron chi connectivity index (χ2n) is 5.12. The van der Waals surface area contributed by atoms with E-state index in [2.05, 4.69) is 0 Å². The molecule has 0 bridgehead atoms. The number of rotatable bonds is 7. The highest BCUT2D eigenvalue weighted by atomic mass is 19.4. The summed E-state index contributed by atoms with van der Waals surface area (Å²) in [4.78, 5) is 20.7. The first-order valence-electron chi connectivity index (χ1n) is 6.38. The summed E-state index contributed by atoms with van der Waals surface area (Å²) in [5, 5.41) is 0. The summed E-state index contributed by atoms with van der Waals surface area (Å²) in [5.74, 6) is -59.4. The molecular weight excluding hydrogens is 526 g/mol. The topological polar surface area (TPSA) is 52.6 Å². The number of esters is 2. The summed E-state index contributed by atoms with van der Waals surface area (Å²) in [6.07, 6.45) is -13.3. The molecule has 190 valence electrons. The van der Waals surface area contributed by atoms with E-state index in [9.17, 15) is 88.6 Å². The molecular formula is C10F18O4. The van der Waals surface area contributed by atoms with Crippen LogP contribution in [0.25, 0.3) is 0 Å². The van der Waals surface area contributed by atoms with Gasteiger partial charge in [0.15, 0.2) is 0 Å². The quantitative estimate of drug-likeness (QED) is 0.349. The Morgan fingerprint density at radius 1 is 0.375 bits per heavy atom. The molecule has 0 aliphatic rings. The molecule has 0 aliphatic carbocycles. The minimum absolute atomic E-state index is 1.56. The van der Waals surface area contributed by atoms with E-state index in [1.807, 2.05) is 0 Å². The molecule has 0 aliphatic heterocycles. The fraction of sp³-hybridized carbons (Fsp3) is 0.800. The van der Waals surface area contributed by atoms with Gasteiger partial charge in [0.2, 0.25) is 0 Å². The number of alkyl halides is 18. The highest BCUT2D eigenvalue weighted by molar-refractivity contribution is 5.80. The van der Waals surface area contributed by atoms with Crippen LogP contribution in [0.2, 0.25) is 0 Å². The van der Waals surface area contributed by atoms with Gasteiger partial charge in [-0.25, -0.2) is 9.59 Å². The molecule has 0 radical (unpaired) electrons. The molecule has 0 saturated carbocycles. The maximum absolute atomic E-state index is 13.2. The standard InChI is InChI=1S/C10F18O4/c11-3(12,1(29)31-9(23,24)25)5(15,16)7(19,20)8(21,22)6(17,18)4(13,14)2(30)32-10(26,27)28. The van der Waals surface area contributed by atoms with Gasteiger partial charge in [-0.2, -0.15) is 52.7 Å². The highest BCUT2D eigenvalue weighted by Crippen LogP contribution is 2.60. The van der Waals surface area contributed by atoms with E-state index in [0.29, 0.717) is 0 Å². The molecule has 0 N–H and O–H groups in total. The monoisotopic (exact) mass is 526 g/mol. The predicted octanol–water partition coefficient (Wildman–Crippen LogP) is 4.92. The largest absolute Gasteiger partial charge is 0.575 e. The Kier molecular flexibility index (Phi) is 7.07. The summed E-state index contributed by atoms with van der Waals surface area (Å²) in [6, 6.07) is 0. The van der Waals surface area contributed by atoms with Gasteiger partial charge in [0.05, 0.1) is 0 Å². The Bertz CT molecular complexity index is 669. The van der Waals surface area contributed by atoms with Crippen molar-refractivity contribution >= 4 is 11.9 Å². The Hall–Kier alpha value is -2.32. The van der Waals surface area contributed by atoms with Gasteiger partial charge < -0.3 is 9.47 Å². The van der Waals surface area contributed by atoms with Crippen molar-refractivity contribution < 1.29 is 98.1 Å². The number of hydrogen-bond acceptors (Lipinski definition) is 4. The first-order valence-corrected chi connectivity index (χ1v) is 6.38. The zero-order valence-corrected chi connectivity index (χ0v) is 13.4. The zero-order chi connectivity index (χ0) is 26.6. The molecule has 0 amide bonds. The van der Waals surface area contributed by atoms with Crippen molar-refractivity contribution in [2.75, 3.05) is 0 Å². The van der Waals surface area contributed by atoms with Crippen LogP contribution in [-0.2, 0) is 19.1 Å². The molecule has 0 heterocycles. The molecule has 0 fully saturated rings.